The molecule has 3 N–H and O–H groups in total. The maximum absolute atomic E-state index is 13.7. The van der Waals surface area contributed by atoms with E-state index in [1.54, 1.807) is 0 Å². The van der Waals surface area contributed by atoms with Crippen LogP contribution in [0.15, 0.2) is 59.8 Å². The fourth-order valence-corrected chi connectivity index (χ4v) is 6.04. The Morgan fingerprint density at radius 2 is 1.42 bits per heavy atom. The minimum Gasteiger partial charge on any atom is -0.399 e. The topological polar surface area (TPSA) is 144 Å². The molecule has 0 radical (unpaired) electrons. The highest BCUT2D eigenvalue weighted by Crippen LogP contribution is 2.64. The first-order valence-corrected chi connectivity index (χ1v) is 10.3. The molecule has 4 rings (SSSR count). The molecular formula is C23H13F2N5O2S. The van der Waals surface area contributed by atoms with Crippen LogP contribution in [0, 0.1) is 51.0 Å². The molecule has 0 saturated carbocycles. The SMILES string of the molecule is N#CC1=C(N)C(C#N)(C#N)C(c2ccc(F)cc2)C2(SC(=O)NC2=O)C1c1ccc(F)cc1. The molecule has 10 heteroatoms. The predicted octanol–water partition coefficient (Wildman–Crippen LogP) is 3.34. The number of imide groups is 1. The number of carbonyl (C=O) groups excluding carboxylic acids is 2. The van der Waals surface area contributed by atoms with E-state index in [0.717, 1.165) is 24.3 Å². The smallest absolute Gasteiger partial charge is 0.286 e. The number of nitrogens with two attached hydrogens (primary N) is 1. The number of nitrogens with zero attached hydrogens (tertiary/aromatic N) is 3. The van der Waals surface area contributed by atoms with E-state index in [0.29, 0.717) is 11.8 Å². The summed E-state index contributed by atoms with van der Waals surface area (Å²) < 4.78 is 25.5. The summed E-state index contributed by atoms with van der Waals surface area (Å²) in [6.45, 7) is 0. The number of nitriles is 3. The average Bonchev–Trinajstić information content (AvgIpc) is 3.10. The van der Waals surface area contributed by atoms with Gasteiger partial charge < -0.3 is 5.73 Å². The van der Waals surface area contributed by atoms with Crippen molar-refractivity contribution in [3.05, 3.63) is 82.6 Å². The van der Waals surface area contributed by atoms with Gasteiger partial charge in [0.05, 0.1) is 29.5 Å². The first kappa shape index (κ1) is 22.0. The number of carbonyl (C=O) groups is 2. The lowest BCUT2D eigenvalue weighted by molar-refractivity contribution is -0.123. The minimum absolute atomic E-state index is 0.198. The third-order valence-electron chi connectivity index (χ3n) is 6.01. The van der Waals surface area contributed by atoms with Crippen molar-refractivity contribution in [2.45, 2.75) is 16.6 Å². The summed E-state index contributed by atoms with van der Waals surface area (Å²) in [6.07, 6.45) is 0. The van der Waals surface area contributed by atoms with Crippen molar-refractivity contribution in [1.29, 1.82) is 15.8 Å². The molecule has 1 spiro atoms. The van der Waals surface area contributed by atoms with Gasteiger partial charge in [-0.3, -0.25) is 14.9 Å². The van der Waals surface area contributed by atoms with Crippen LogP contribution < -0.4 is 11.1 Å². The van der Waals surface area contributed by atoms with E-state index < -0.39 is 44.8 Å². The number of hydrogen-bond donors (Lipinski definition) is 2. The lowest BCUT2D eigenvalue weighted by Crippen LogP contribution is -2.57. The molecule has 2 aromatic rings. The largest absolute Gasteiger partial charge is 0.399 e. The monoisotopic (exact) mass is 461 g/mol. The Hall–Kier alpha value is -4.20. The average molecular weight is 461 g/mol. The van der Waals surface area contributed by atoms with E-state index in [1.165, 1.54) is 24.3 Å². The second-order valence-electron chi connectivity index (χ2n) is 7.58. The zero-order valence-electron chi connectivity index (χ0n) is 16.7. The highest BCUT2D eigenvalue weighted by atomic mass is 32.2. The molecular weight excluding hydrogens is 448 g/mol. The Morgan fingerprint density at radius 1 is 0.909 bits per heavy atom. The summed E-state index contributed by atoms with van der Waals surface area (Å²) in [5, 5.41) is 31.8. The van der Waals surface area contributed by atoms with Crippen LogP contribution in [-0.2, 0) is 4.79 Å². The molecule has 2 aliphatic rings. The number of halogens is 2. The summed E-state index contributed by atoms with van der Waals surface area (Å²) in [5.41, 5.74) is 3.90. The first-order valence-electron chi connectivity index (χ1n) is 9.53. The highest BCUT2D eigenvalue weighted by Gasteiger charge is 2.70. The molecule has 3 unspecified atom stereocenters. The number of rotatable bonds is 2. The second-order valence-corrected chi connectivity index (χ2v) is 8.83. The van der Waals surface area contributed by atoms with Gasteiger partial charge in [-0.1, -0.05) is 24.3 Å². The zero-order chi connectivity index (χ0) is 24.0. The Balaban J connectivity index is 2.17. The Morgan fingerprint density at radius 3 is 1.85 bits per heavy atom. The lowest BCUT2D eigenvalue weighted by atomic mass is 9.55. The van der Waals surface area contributed by atoms with E-state index in [-0.39, 0.29) is 22.4 Å². The van der Waals surface area contributed by atoms with Crippen LogP contribution in [-0.4, -0.2) is 15.9 Å². The number of hydrogen-bond acceptors (Lipinski definition) is 7. The molecule has 2 aromatic carbocycles. The van der Waals surface area contributed by atoms with E-state index in [2.05, 4.69) is 5.32 Å². The molecule has 2 amide bonds. The Kier molecular flexibility index (Phi) is 5.16. The maximum Gasteiger partial charge on any atom is 0.286 e. The summed E-state index contributed by atoms with van der Waals surface area (Å²) >= 11 is 0.535. The predicted molar refractivity (Wildman–Crippen MR) is 113 cm³/mol. The van der Waals surface area contributed by atoms with E-state index in [1.807, 2.05) is 18.2 Å². The van der Waals surface area contributed by atoms with Crippen LogP contribution in [0.5, 0.6) is 0 Å². The van der Waals surface area contributed by atoms with Gasteiger partial charge in [0.15, 0.2) is 5.41 Å². The molecule has 0 bridgehead atoms. The first-order chi connectivity index (χ1) is 15.7. The standard InChI is InChI=1S/C23H13F2N5O2S/c24-14-5-1-12(2-6-14)17-16(9-26)19(29)22(10-27,11-28)18(13-3-7-15(25)8-4-13)23(17)20(31)30-21(32)33-23/h1-8,17-18H,29H2,(H,30,31,32). The Labute approximate surface area is 191 Å². The summed E-state index contributed by atoms with van der Waals surface area (Å²) in [4.78, 5) is 25.9. The van der Waals surface area contributed by atoms with Gasteiger partial charge >= 0.3 is 0 Å². The van der Waals surface area contributed by atoms with Crippen molar-refractivity contribution in [2.75, 3.05) is 0 Å². The van der Waals surface area contributed by atoms with E-state index >= 15 is 0 Å². The quantitative estimate of drug-likeness (QED) is 0.698. The fraction of sp³-hybridized carbons (Fsp3) is 0.174. The van der Waals surface area contributed by atoms with Gasteiger partial charge in [-0.15, -0.1) is 0 Å². The molecule has 0 aromatic heterocycles. The van der Waals surface area contributed by atoms with Crippen molar-refractivity contribution in [1.82, 2.24) is 5.32 Å². The summed E-state index contributed by atoms with van der Waals surface area (Å²) in [6, 6.07) is 15.3. The van der Waals surface area contributed by atoms with Gasteiger partial charge in [0.1, 0.15) is 16.4 Å². The molecule has 3 atom stereocenters. The highest BCUT2D eigenvalue weighted by molar-refractivity contribution is 8.16. The van der Waals surface area contributed by atoms with Gasteiger partial charge in [0.2, 0.25) is 5.91 Å². The van der Waals surface area contributed by atoms with Crippen molar-refractivity contribution < 1.29 is 18.4 Å². The zero-order valence-corrected chi connectivity index (χ0v) is 17.5. The number of amides is 2. The van der Waals surface area contributed by atoms with Gasteiger partial charge in [-0.05, 0) is 47.2 Å². The van der Waals surface area contributed by atoms with Gasteiger partial charge in [0, 0.05) is 11.8 Å². The fourth-order valence-electron chi connectivity index (χ4n) is 4.64. The molecule has 1 heterocycles. The van der Waals surface area contributed by atoms with Crippen LogP contribution >= 0.6 is 11.8 Å². The molecule has 1 fully saturated rings. The number of benzene rings is 2. The molecule has 1 saturated heterocycles. The normalized spacial score (nSPS) is 25.8. The van der Waals surface area contributed by atoms with Crippen molar-refractivity contribution in [2.24, 2.45) is 11.1 Å². The molecule has 33 heavy (non-hydrogen) atoms. The maximum atomic E-state index is 13.7. The number of allylic oxidation sites excluding steroid dienone is 2. The number of nitrogens with one attached hydrogen (secondary N) is 1. The van der Waals surface area contributed by atoms with Crippen LogP contribution in [0.25, 0.3) is 0 Å². The minimum atomic E-state index is -2.23. The third-order valence-corrected chi connectivity index (χ3v) is 7.29. The van der Waals surface area contributed by atoms with Gasteiger partial charge in [-0.25, -0.2) is 8.78 Å². The van der Waals surface area contributed by atoms with Crippen LogP contribution in [0.3, 0.4) is 0 Å². The van der Waals surface area contributed by atoms with Gasteiger partial charge in [0.25, 0.3) is 5.24 Å². The lowest BCUT2D eigenvalue weighted by Gasteiger charge is -2.49. The molecule has 162 valence electrons. The van der Waals surface area contributed by atoms with Gasteiger partial charge in [-0.2, -0.15) is 15.8 Å². The van der Waals surface area contributed by atoms with Crippen LogP contribution in [0.1, 0.15) is 23.0 Å². The van der Waals surface area contributed by atoms with Crippen molar-refractivity contribution >= 4 is 22.9 Å². The van der Waals surface area contributed by atoms with Crippen LogP contribution in [0.2, 0.25) is 0 Å². The Bertz CT molecular complexity index is 1320. The van der Waals surface area contributed by atoms with Crippen LogP contribution in [0.4, 0.5) is 13.6 Å². The molecule has 7 nitrogen and oxygen atoms in total. The van der Waals surface area contributed by atoms with E-state index in [4.69, 9.17) is 5.73 Å². The summed E-state index contributed by atoms with van der Waals surface area (Å²) in [7, 11) is 0. The second kappa shape index (κ2) is 7.74. The molecule has 1 aliphatic carbocycles. The third kappa shape index (κ3) is 2.98. The van der Waals surface area contributed by atoms with E-state index in [9.17, 15) is 34.2 Å². The van der Waals surface area contributed by atoms with Crippen molar-refractivity contribution in [3.63, 3.8) is 0 Å². The van der Waals surface area contributed by atoms with Crippen molar-refractivity contribution in [3.8, 4) is 18.2 Å². The number of thioether (sulfide) groups is 1. The molecule has 1 aliphatic heterocycles. The summed E-state index contributed by atoms with van der Waals surface area (Å²) in [5.74, 6) is -4.58.